The molecule has 0 spiro atoms. The third kappa shape index (κ3) is 6.97. The van der Waals surface area contributed by atoms with Crippen molar-refractivity contribution < 1.29 is 24.2 Å². The van der Waals surface area contributed by atoms with E-state index in [2.05, 4.69) is 5.32 Å². The molecule has 0 unspecified atom stereocenters. The summed E-state index contributed by atoms with van der Waals surface area (Å²) in [5.74, 6) is -1.78. The molecular weight excluding hydrogens is 276 g/mol. The number of urea groups is 1. The lowest BCUT2D eigenvalue weighted by Gasteiger charge is -2.26. The van der Waals surface area contributed by atoms with Gasteiger partial charge in [-0.1, -0.05) is 27.2 Å². The summed E-state index contributed by atoms with van der Waals surface area (Å²) in [6, 6.07) is -1.53. The topological polar surface area (TPSA) is 95.9 Å². The van der Waals surface area contributed by atoms with Gasteiger partial charge in [0.15, 0.2) is 0 Å². The zero-order valence-electron chi connectivity index (χ0n) is 13.2. The van der Waals surface area contributed by atoms with Crippen LogP contribution in [0.15, 0.2) is 0 Å². The zero-order valence-corrected chi connectivity index (χ0v) is 13.2. The van der Waals surface area contributed by atoms with Crippen LogP contribution in [0.2, 0.25) is 0 Å². The Labute approximate surface area is 125 Å². The molecule has 0 saturated heterocycles. The third-order valence-electron chi connectivity index (χ3n) is 3.16. The van der Waals surface area contributed by atoms with E-state index in [-0.39, 0.29) is 19.1 Å². The fourth-order valence-corrected chi connectivity index (χ4v) is 1.79. The number of ether oxygens (including phenoxy) is 1. The van der Waals surface area contributed by atoms with Crippen molar-refractivity contribution in [3.63, 3.8) is 0 Å². The van der Waals surface area contributed by atoms with Crippen molar-refractivity contribution in [2.45, 2.75) is 46.6 Å². The minimum Gasteiger partial charge on any atom is -0.480 e. The number of carboxylic acids is 1. The van der Waals surface area contributed by atoms with E-state index in [4.69, 9.17) is 4.74 Å². The molecule has 0 aromatic heterocycles. The maximum Gasteiger partial charge on any atom is 0.326 e. The number of carbonyl (C=O) groups is 3. The fraction of sp³-hybridized carbons (Fsp3) is 0.786. The monoisotopic (exact) mass is 302 g/mol. The predicted octanol–water partition coefficient (Wildman–Crippen LogP) is 1.47. The van der Waals surface area contributed by atoms with Crippen LogP contribution >= 0.6 is 0 Å². The Balaban J connectivity index is 4.78. The number of nitrogens with one attached hydrogen (secondary N) is 1. The lowest BCUT2D eigenvalue weighted by molar-refractivity contribution is -0.143. The number of aliphatic carboxylic acids is 1. The molecule has 2 amide bonds. The highest BCUT2D eigenvalue weighted by molar-refractivity contribution is 5.85. The van der Waals surface area contributed by atoms with Gasteiger partial charge in [-0.3, -0.25) is 4.79 Å². The van der Waals surface area contributed by atoms with E-state index in [0.717, 1.165) is 0 Å². The van der Waals surface area contributed by atoms with Gasteiger partial charge in [0.1, 0.15) is 12.6 Å². The van der Waals surface area contributed by atoms with Gasteiger partial charge in [0.25, 0.3) is 0 Å². The first-order valence-electron chi connectivity index (χ1n) is 7.31. The van der Waals surface area contributed by atoms with Crippen LogP contribution in [-0.4, -0.2) is 53.7 Å². The van der Waals surface area contributed by atoms with Crippen LogP contribution in [0.5, 0.6) is 0 Å². The number of carboxylic acid groups (broad SMARTS) is 1. The third-order valence-corrected chi connectivity index (χ3v) is 3.16. The Kier molecular flexibility index (Phi) is 9.16. The molecule has 0 aliphatic carbocycles. The summed E-state index contributed by atoms with van der Waals surface area (Å²) in [6.45, 7) is 7.59. The Morgan fingerprint density at radius 2 is 1.86 bits per heavy atom. The van der Waals surface area contributed by atoms with Gasteiger partial charge < -0.3 is 20.1 Å². The van der Waals surface area contributed by atoms with E-state index in [9.17, 15) is 19.5 Å². The normalized spacial score (nSPS) is 13.1. The molecule has 0 aromatic rings. The molecular formula is C14H26N2O5. The van der Waals surface area contributed by atoms with Crippen LogP contribution in [0.4, 0.5) is 4.79 Å². The lowest BCUT2D eigenvalue weighted by Crippen LogP contribution is -2.51. The van der Waals surface area contributed by atoms with Gasteiger partial charge in [0.05, 0.1) is 6.61 Å². The number of hydrogen-bond donors (Lipinski definition) is 2. The molecule has 0 radical (unpaired) electrons. The van der Waals surface area contributed by atoms with E-state index in [1.165, 1.54) is 4.90 Å². The molecule has 7 heteroatoms. The molecule has 0 heterocycles. The highest BCUT2D eigenvalue weighted by Gasteiger charge is 2.28. The number of carbonyl (C=O) groups excluding carboxylic acids is 2. The van der Waals surface area contributed by atoms with Crippen LogP contribution in [0, 0.1) is 5.92 Å². The molecule has 122 valence electrons. The van der Waals surface area contributed by atoms with Crippen LogP contribution in [-0.2, 0) is 14.3 Å². The second-order valence-corrected chi connectivity index (χ2v) is 4.88. The van der Waals surface area contributed by atoms with Crippen molar-refractivity contribution in [3.8, 4) is 0 Å². The Bertz CT molecular complexity index is 359. The number of rotatable bonds is 9. The fourth-order valence-electron chi connectivity index (χ4n) is 1.79. The van der Waals surface area contributed by atoms with Gasteiger partial charge in [-0.05, 0) is 19.3 Å². The van der Waals surface area contributed by atoms with E-state index in [1.54, 1.807) is 13.8 Å². The second-order valence-electron chi connectivity index (χ2n) is 4.88. The standard InChI is InChI=1S/C14H26N2O5/c1-5-8-16(9-11(17)21-7-3)14(20)15-12(13(18)19)10(4)6-2/h10,12H,5-9H2,1-4H3,(H,15,20)(H,18,19)/t10-,12-/m0/s1. The molecule has 0 aliphatic rings. The Morgan fingerprint density at radius 1 is 1.24 bits per heavy atom. The van der Waals surface area contributed by atoms with Crippen molar-refractivity contribution in [1.82, 2.24) is 10.2 Å². The summed E-state index contributed by atoms with van der Waals surface area (Å²) in [5.41, 5.74) is 0. The molecule has 0 bridgehead atoms. The molecule has 7 nitrogen and oxygen atoms in total. The molecule has 21 heavy (non-hydrogen) atoms. The first kappa shape index (κ1) is 19.2. The molecule has 0 aromatic carbocycles. The molecule has 0 saturated carbocycles. The maximum absolute atomic E-state index is 12.2. The molecule has 2 atom stereocenters. The predicted molar refractivity (Wildman–Crippen MR) is 77.9 cm³/mol. The average molecular weight is 302 g/mol. The maximum atomic E-state index is 12.2. The summed E-state index contributed by atoms with van der Waals surface area (Å²) in [5, 5.41) is 11.7. The van der Waals surface area contributed by atoms with E-state index >= 15 is 0 Å². The quantitative estimate of drug-likeness (QED) is 0.629. The van der Waals surface area contributed by atoms with Gasteiger partial charge in [0, 0.05) is 6.54 Å². The average Bonchev–Trinajstić information content (AvgIpc) is 2.43. The minimum absolute atomic E-state index is 0.180. The SMILES string of the molecule is CCCN(CC(=O)OCC)C(=O)N[C@H](C(=O)O)[C@@H](C)CC. The van der Waals surface area contributed by atoms with Crippen molar-refractivity contribution >= 4 is 18.0 Å². The first-order chi connectivity index (χ1) is 9.87. The van der Waals surface area contributed by atoms with Crippen molar-refractivity contribution in [2.24, 2.45) is 5.92 Å². The van der Waals surface area contributed by atoms with E-state index in [0.29, 0.717) is 19.4 Å². The smallest absolute Gasteiger partial charge is 0.326 e. The van der Waals surface area contributed by atoms with Gasteiger partial charge >= 0.3 is 18.0 Å². The van der Waals surface area contributed by atoms with Gasteiger partial charge in [-0.15, -0.1) is 0 Å². The lowest BCUT2D eigenvalue weighted by atomic mass is 9.99. The summed E-state index contributed by atoms with van der Waals surface area (Å²) in [6.07, 6.45) is 1.29. The molecule has 0 aliphatic heterocycles. The number of esters is 1. The number of nitrogens with zero attached hydrogens (tertiary/aromatic N) is 1. The zero-order chi connectivity index (χ0) is 16.4. The summed E-state index contributed by atoms with van der Waals surface area (Å²) in [7, 11) is 0. The highest BCUT2D eigenvalue weighted by Crippen LogP contribution is 2.09. The van der Waals surface area contributed by atoms with Crippen LogP contribution in [0.1, 0.15) is 40.5 Å². The molecule has 0 fully saturated rings. The Hall–Kier alpha value is -1.79. The number of hydrogen-bond acceptors (Lipinski definition) is 4. The largest absolute Gasteiger partial charge is 0.480 e. The van der Waals surface area contributed by atoms with E-state index < -0.39 is 24.0 Å². The van der Waals surface area contributed by atoms with Crippen LogP contribution in [0.25, 0.3) is 0 Å². The van der Waals surface area contributed by atoms with Crippen molar-refractivity contribution in [2.75, 3.05) is 19.7 Å². The van der Waals surface area contributed by atoms with Crippen molar-refractivity contribution in [1.29, 1.82) is 0 Å². The first-order valence-corrected chi connectivity index (χ1v) is 7.31. The van der Waals surface area contributed by atoms with Crippen molar-refractivity contribution in [3.05, 3.63) is 0 Å². The summed E-state index contributed by atoms with van der Waals surface area (Å²) >= 11 is 0. The van der Waals surface area contributed by atoms with Crippen LogP contribution < -0.4 is 5.32 Å². The summed E-state index contributed by atoms with van der Waals surface area (Å²) in [4.78, 5) is 36.1. The minimum atomic E-state index is -1.08. The van der Waals surface area contributed by atoms with Gasteiger partial charge in [0.2, 0.25) is 0 Å². The molecule has 0 rings (SSSR count). The number of amides is 2. The van der Waals surface area contributed by atoms with Crippen LogP contribution in [0.3, 0.4) is 0 Å². The van der Waals surface area contributed by atoms with Gasteiger partial charge in [-0.2, -0.15) is 0 Å². The molecule has 2 N–H and O–H groups in total. The second kappa shape index (κ2) is 10.0. The summed E-state index contributed by atoms with van der Waals surface area (Å²) < 4.78 is 4.81. The Morgan fingerprint density at radius 3 is 2.29 bits per heavy atom. The van der Waals surface area contributed by atoms with Gasteiger partial charge in [-0.25, -0.2) is 9.59 Å². The highest BCUT2D eigenvalue weighted by atomic mass is 16.5. The van der Waals surface area contributed by atoms with E-state index in [1.807, 2.05) is 13.8 Å².